The molecule has 0 atom stereocenters. The molecule has 5 aromatic rings. The minimum atomic E-state index is -0.811. The molecule has 118 valence electrons. The Bertz CT molecular complexity index is 1980. The van der Waals surface area contributed by atoms with Gasteiger partial charge in [-0.15, -0.1) is 0 Å². The van der Waals surface area contributed by atoms with E-state index in [4.69, 9.17) is 21.9 Å². The summed E-state index contributed by atoms with van der Waals surface area (Å²) in [6.07, 6.45) is 0. The highest BCUT2D eigenvalue weighted by atomic mass is 14.7. The number of hydrogen-bond donors (Lipinski definition) is 1. The molecule has 1 aromatic heterocycles. The van der Waals surface area contributed by atoms with Crippen LogP contribution in [0.25, 0.3) is 44.1 Å². The van der Waals surface area contributed by atoms with E-state index in [-0.39, 0.29) is 21.8 Å². The minimum absolute atomic E-state index is 0.155. The van der Waals surface area contributed by atoms with Crippen molar-refractivity contribution in [3.8, 4) is 22.3 Å². The molecule has 0 aliphatic carbocycles. The first-order valence-electron chi connectivity index (χ1n) is 15.2. The zero-order valence-electron chi connectivity index (χ0n) is 28.5. The highest BCUT2D eigenvalue weighted by molar-refractivity contribution is 6.14. The van der Waals surface area contributed by atoms with Gasteiger partial charge in [0, 0.05) is 21.8 Å². The van der Waals surface area contributed by atoms with Crippen LogP contribution >= 0.6 is 0 Å². The van der Waals surface area contributed by atoms with Gasteiger partial charge >= 0.3 is 0 Å². The first-order chi connectivity index (χ1) is 19.1. The molecule has 0 fully saturated rings. The molecule has 0 saturated heterocycles. The van der Waals surface area contributed by atoms with E-state index in [9.17, 15) is 0 Å². The second kappa shape index (κ2) is 5.64. The van der Waals surface area contributed by atoms with Gasteiger partial charge in [-0.1, -0.05) is 78.6 Å². The number of para-hydroxylation sites is 1. The molecule has 0 bridgehead atoms. The minimum Gasteiger partial charge on any atom is -0.354 e. The monoisotopic (exact) mass is 335 g/mol. The predicted molar refractivity (Wildman–Crippen MR) is 107 cm³/mol. The number of hydrogen-bond acceptors (Lipinski definition) is 0. The molecule has 1 heterocycles. The van der Waals surface area contributed by atoms with Gasteiger partial charge in [0.2, 0.25) is 0 Å². The number of nitrogens with one attached hydrogen (secondary N) is 1. The Balaban J connectivity index is 2.09. The summed E-state index contributed by atoms with van der Waals surface area (Å²) in [5.41, 5.74) is -2.45. The van der Waals surface area contributed by atoms with Crippen molar-refractivity contribution in [1.82, 2.24) is 4.98 Å². The van der Waals surface area contributed by atoms with Crippen LogP contribution in [0.5, 0.6) is 0 Å². The number of aromatic amines is 1. The fourth-order valence-corrected chi connectivity index (χ4v) is 2.62. The van der Waals surface area contributed by atoms with E-state index in [1.54, 1.807) is 0 Å². The van der Waals surface area contributed by atoms with Crippen LogP contribution in [0.4, 0.5) is 0 Å². The van der Waals surface area contributed by atoms with Crippen molar-refractivity contribution in [3.05, 3.63) is 96.7 Å². The Labute approximate surface area is 169 Å². The van der Waals surface area contributed by atoms with Gasteiger partial charge in [0.1, 0.15) is 0 Å². The average Bonchev–Trinajstić information content (AvgIpc) is 3.34. The summed E-state index contributed by atoms with van der Waals surface area (Å²) in [5, 5.41) is -0.378. The highest BCUT2D eigenvalue weighted by Gasteiger charge is 2.10. The summed E-state index contributed by atoms with van der Waals surface area (Å²) in [4.78, 5) is 2.71. The van der Waals surface area contributed by atoms with E-state index in [2.05, 4.69) is 4.98 Å². The lowest BCUT2D eigenvalue weighted by molar-refractivity contribution is 1.54. The van der Waals surface area contributed by atoms with Gasteiger partial charge in [0.15, 0.2) is 0 Å². The lowest BCUT2D eigenvalue weighted by Gasteiger charge is -2.08. The molecule has 1 N–H and O–H groups in total. The Morgan fingerprint density at radius 3 is 2.16 bits per heavy atom. The number of fused-ring (bicyclic) bond motifs is 3. The summed E-state index contributed by atoms with van der Waals surface area (Å²) in [7, 11) is 0. The van der Waals surface area contributed by atoms with E-state index in [0.717, 1.165) is 0 Å². The van der Waals surface area contributed by atoms with Crippen LogP contribution in [-0.4, -0.2) is 4.98 Å². The highest BCUT2D eigenvalue weighted by Crippen LogP contribution is 2.35. The third-order valence-corrected chi connectivity index (χ3v) is 3.69. The van der Waals surface area contributed by atoms with Gasteiger partial charge in [0.25, 0.3) is 0 Å². The SMILES string of the molecule is [2H]c1c([2H])c([2H])c(-c2c([2H])c([2H])c([2H])c(-c3c([2H])c([2H])c([2H])c4[nH]c5c([2H])c([2H])c([2H])c([2H])c5c34)c2[2H])c([2H])c1[2H]. The van der Waals surface area contributed by atoms with Crippen LogP contribution in [0.15, 0.2) is 96.7 Å². The molecule has 4 aromatic carbocycles. The standard InChI is InChI=1S/C24H17N/c1-2-8-17(9-3-1)18-10-6-11-19(16-18)20-13-7-15-23-24(20)21-12-4-5-14-22(21)25-23/h1-16,25H/i1D,2D,3D,4D,5D,6D,7D,8D,9D,10D,11D,12D,13D,14D,15D,16D. The zero-order valence-corrected chi connectivity index (χ0v) is 12.5. The molecule has 0 aliphatic rings. The second-order valence-corrected chi connectivity index (χ2v) is 5.12. The fourth-order valence-electron chi connectivity index (χ4n) is 2.62. The van der Waals surface area contributed by atoms with E-state index in [1.165, 1.54) is 0 Å². The normalized spacial score (nSPS) is 20.2. The molecule has 25 heavy (non-hydrogen) atoms. The quantitative estimate of drug-likeness (QED) is 0.371. The van der Waals surface area contributed by atoms with Crippen molar-refractivity contribution in [2.24, 2.45) is 0 Å². The van der Waals surface area contributed by atoms with Crippen molar-refractivity contribution in [3.63, 3.8) is 0 Å². The van der Waals surface area contributed by atoms with Crippen LogP contribution < -0.4 is 0 Å². The third-order valence-electron chi connectivity index (χ3n) is 3.69. The lowest BCUT2D eigenvalue weighted by atomic mass is 9.96. The molecule has 1 heteroatoms. The molecule has 0 spiro atoms. The van der Waals surface area contributed by atoms with Crippen LogP contribution in [0.1, 0.15) is 21.9 Å². The average molecular weight is 336 g/mol. The lowest BCUT2D eigenvalue weighted by Crippen LogP contribution is -1.82. The topological polar surface area (TPSA) is 15.8 Å². The summed E-state index contributed by atoms with van der Waals surface area (Å²) in [5.74, 6) is 0. The fraction of sp³-hybridized carbons (Fsp3) is 0. The number of rotatable bonds is 2. The Kier molecular flexibility index (Phi) is 1.20. The number of H-pyrrole nitrogens is 1. The van der Waals surface area contributed by atoms with Gasteiger partial charge in [0.05, 0.1) is 21.9 Å². The van der Waals surface area contributed by atoms with Gasteiger partial charge < -0.3 is 4.98 Å². The third kappa shape index (κ3) is 2.33. The summed E-state index contributed by atoms with van der Waals surface area (Å²) in [6, 6.07) is -11.1. The van der Waals surface area contributed by atoms with Crippen LogP contribution in [0.3, 0.4) is 0 Å². The van der Waals surface area contributed by atoms with Crippen molar-refractivity contribution >= 4 is 21.8 Å². The van der Waals surface area contributed by atoms with Crippen LogP contribution in [-0.2, 0) is 0 Å². The summed E-state index contributed by atoms with van der Waals surface area (Å²) in [6.45, 7) is 0. The Morgan fingerprint density at radius 1 is 0.560 bits per heavy atom. The maximum atomic E-state index is 9.01. The molecule has 5 rings (SSSR count). The van der Waals surface area contributed by atoms with Crippen molar-refractivity contribution in [2.45, 2.75) is 0 Å². The van der Waals surface area contributed by atoms with Gasteiger partial charge in [-0.25, -0.2) is 0 Å². The van der Waals surface area contributed by atoms with Crippen LogP contribution in [0.2, 0.25) is 0 Å². The predicted octanol–water partition coefficient (Wildman–Crippen LogP) is 6.66. The van der Waals surface area contributed by atoms with E-state index < -0.39 is 119 Å². The Morgan fingerprint density at radius 2 is 1.24 bits per heavy atom. The van der Waals surface area contributed by atoms with E-state index in [0.29, 0.717) is 0 Å². The molecule has 1 nitrogen and oxygen atoms in total. The Hall–Kier alpha value is -3.32. The van der Waals surface area contributed by atoms with Gasteiger partial charge in [-0.05, 0) is 40.4 Å². The van der Waals surface area contributed by atoms with Crippen molar-refractivity contribution < 1.29 is 21.9 Å². The first kappa shape index (κ1) is 5.34. The molecule has 0 saturated carbocycles. The number of aromatic nitrogens is 1. The molecule has 0 radical (unpaired) electrons. The first-order valence-corrected chi connectivity index (χ1v) is 7.25. The summed E-state index contributed by atoms with van der Waals surface area (Å²) >= 11 is 0. The maximum absolute atomic E-state index is 9.01. The van der Waals surface area contributed by atoms with Gasteiger partial charge in [-0.3, -0.25) is 0 Å². The summed E-state index contributed by atoms with van der Waals surface area (Å²) < 4.78 is 134. The van der Waals surface area contributed by atoms with Crippen molar-refractivity contribution in [2.75, 3.05) is 0 Å². The maximum Gasteiger partial charge on any atom is 0.0645 e. The zero-order chi connectivity index (χ0) is 30.6. The molecule has 0 aliphatic heterocycles. The van der Waals surface area contributed by atoms with Crippen LogP contribution in [0, 0.1) is 0 Å². The molecular formula is C24H17N. The molecule has 0 amide bonds. The largest absolute Gasteiger partial charge is 0.354 e. The van der Waals surface area contributed by atoms with Crippen molar-refractivity contribution in [1.29, 1.82) is 0 Å². The van der Waals surface area contributed by atoms with E-state index >= 15 is 0 Å². The second-order valence-electron chi connectivity index (χ2n) is 5.12. The molecular weight excluding hydrogens is 302 g/mol. The smallest absolute Gasteiger partial charge is 0.0645 e. The van der Waals surface area contributed by atoms with Gasteiger partial charge in [-0.2, -0.15) is 0 Å². The van der Waals surface area contributed by atoms with E-state index in [1.807, 2.05) is 0 Å². The number of benzene rings is 4. The molecule has 0 unspecified atom stereocenters.